The molecule has 2 N–H and O–H groups in total. The average Bonchev–Trinajstić information content (AvgIpc) is 2.96. The van der Waals surface area contributed by atoms with Gasteiger partial charge in [0.05, 0.1) is 11.1 Å². The van der Waals surface area contributed by atoms with Crippen molar-refractivity contribution in [3.63, 3.8) is 0 Å². The highest BCUT2D eigenvalue weighted by atomic mass is 16.2. The number of benzene rings is 2. The van der Waals surface area contributed by atoms with Gasteiger partial charge in [0.1, 0.15) is 0 Å². The van der Waals surface area contributed by atoms with Gasteiger partial charge in [-0.15, -0.1) is 0 Å². The molecule has 3 rings (SSSR count). The fourth-order valence-electron chi connectivity index (χ4n) is 2.94. The number of amides is 4. The summed E-state index contributed by atoms with van der Waals surface area (Å²) >= 11 is 0. The largest absolute Gasteiger partial charge is 0.352 e. The van der Waals surface area contributed by atoms with Crippen molar-refractivity contribution < 1.29 is 19.2 Å². The van der Waals surface area contributed by atoms with Gasteiger partial charge in [-0.25, -0.2) is 0 Å². The second-order valence-corrected chi connectivity index (χ2v) is 7.18. The Morgan fingerprint density at radius 3 is 2.07 bits per heavy atom. The summed E-state index contributed by atoms with van der Waals surface area (Å²) in [5.74, 6) is -1.14. The Hall–Kier alpha value is -3.48. The van der Waals surface area contributed by atoms with Crippen LogP contribution in [0.3, 0.4) is 0 Å². The molecular weight excluding hydrogens is 370 g/mol. The Bertz CT molecular complexity index is 916. The molecule has 0 radical (unpaired) electrons. The van der Waals surface area contributed by atoms with E-state index in [1.54, 1.807) is 36.4 Å². The molecule has 0 saturated carbocycles. The van der Waals surface area contributed by atoms with E-state index >= 15 is 0 Å². The highest BCUT2D eigenvalue weighted by Gasteiger charge is 2.34. The Morgan fingerprint density at radius 1 is 0.931 bits per heavy atom. The van der Waals surface area contributed by atoms with Gasteiger partial charge in [0, 0.05) is 31.1 Å². The molecular formula is C22H23N3O4. The molecule has 0 atom stereocenters. The van der Waals surface area contributed by atoms with Crippen molar-refractivity contribution in [2.45, 2.75) is 26.8 Å². The SMILES string of the molecule is CC(C)C(=O)Nc1ccc(CNC(=O)CCN2C(=O)c3ccccc3C2=O)cc1. The van der Waals surface area contributed by atoms with Crippen LogP contribution in [0.15, 0.2) is 48.5 Å². The number of imide groups is 1. The first-order valence-corrected chi connectivity index (χ1v) is 9.48. The minimum atomic E-state index is -0.363. The Morgan fingerprint density at radius 2 is 1.52 bits per heavy atom. The van der Waals surface area contributed by atoms with E-state index < -0.39 is 0 Å². The third kappa shape index (κ3) is 4.68. The molecule has 7 nitrogen and oxygen atoms in total. The first-order valence-electron chi connectivity index (χ1n) is 9.48. The van der Waals surface area contributed by atoms with Crippen molar-refractivity contribution in [1.29, 1.82) is 0 Å². The standard InChI is InChI=1S/C22H23N3O4/c1-14(2)20(27)24-16-9-7-15(8-10-16)13-23-19(26)11-12-25-21(28)17-5-3-4-6-18(17)22(25)29/h3-10,14H,11-13H2,1-2H3,(H,23,26)(H,24,27). The van der Waals surface area contributed by atoms with Gasteiger partial charge < -0.3 is 10.6 Å². The summed E-state index contributed by atoms with van der Waals surface area (Å²) in [7, 11) is 0. The van der Waals surface area contributed by atoms with Gasteiger partial charge >= 0.3 is 0 Å². The van der Waals surface area contributed by atoms with Crippen LogP contribution in [0, 0.1) is 5.92 Å². The van der Waals surface area contributed by atoms with E-state index in [0.29, 0.717) is 23.4 Å². The average molecular weight is 393 g/mol. The molecule has 7 heteroatoms. The third-order valence-corrected chi connectivity index (χ3v) is 4.68. The van der Waals surface area contributed by atoms with Crippen LogP contribution in [0.5, 0.6) is 0 Å². The Labute approximate surface area is 169 Å². The van der Waals surface area contributed by atoms with Crippen LogP contribution >= 0.6 is 0 Å². The van der Waals surface area contributed by atoms with Gasteiger partial charge in [0.15, 0.2) is 0 Å². The first kappa shape index (κ1) is 20.3. The summed E-state index contributed by atoms with van der Waals surface area (Å²) in [6.45, 7) is 4.00. The van der Waals surface area contributed by atoms with Crippen molar-refractivity contribution in [1.82, 2.24) is 10.2 Å². The Kier molecular flexibility index (Phi) is 6.07. The molecule has 0 fully saturated rings. The lowest BCUT2D eigenvalue weighted by Gasteiger charge is -2.13. The Balaban J connectivity index is 1.47. The van der Waals surface area contributed by atoms with Crippen LogP contribution in [0.4, 0.5) is 5.69 Å². The molecule has 0 unspecified atom stereocenters. The number of fused-ring (bicyclic) bond motifs is 1. The predicted molar refractivity (Wildman–Crippen MR) is 108 cm³/mol. The molecule has 0 spiro atoms. The van der Waals surface area contributed by atoms with Gasteiger partial charge in [0.25, 0.3) is 11.8 Å². The summed E-state index contributed by atoms with van der Waals surface area (Å²) in [6.07, 6.45) is 0.0357. The second-order valence-electron chi connectivity index (χ2n) is 7.18. The van der Waals surface area contributed by atoms with Crippen molar-refractivity contribution in [3.05, 3.63) is 65.2 Å². The van der Waals surface area contributed by atoms with E-state index in [-0.39, 0.29) is 42.5 Å². The summed E-state index contributed by atoms with van der Waals surface area (Å²) < 4.78 is 0. The van der Waals surface area contributed by atoms with Crippen molar-refractivity contribution in [2.75, 3.05) is 11.9 Å². The predicted octanol–water partition coefficient (Wildman–Crippen LogP) is 2.58. The smallest absolute Gasteiger partial charge is 0.261 e. The van der Waals surface area contributed by atoms with E-state index in [0.717, 1.165) is 10.5 Å². The number of rotatable bonds is 7. The minimum Gasteiger partial charge on any atom is -0.352 e. The normalized spacial score (nSPS) is 12.9. The van der Waals surface area contributed by atoms with Gasteiger partial charge in [0.2, 0.25) is 11.8 Å². The van der Waals surface area contributed by atoms with E-state index in [1.165, 1.54) is 0 Å². The molecule has 0 bridgehead atoms. The fraction of sp³-hybridized carbons (Fsp3) is 0.273. The zero-order chi connectivity index (χ0) is 21.0. The summed E-state index contributed by atoms with van der Waals surface area (Å²) in [5.41, 5.74) is 2.33. The molecule has 2 aromatic carbocycles. The highest BCUT2D eigenvalue weighted by molar-refractivity contribution is 6.21. The molecule has 29 heavy (non-hydrogen) atoms. The molecule has 1 aliphatic rings. The number of nitrogens with zero attached hydrogens (tertiary/aromatic N) is 1. The second kappa shape index (κ2) is 8.68. The number of nitrogens with one attached hydrogen (secondary N) is 2. The quantitative estimate of drug-likeness (QED) is 0.707. The third-order valence-electron chi connectivity index (χ3n) is 4.68. The molecule has 1 aliphatic heterocycles. The van der Waals surface area contributed by atoms with Crippen LogP contribution in [0.2, 0.25) is 0 Å². The zero-order valence-electron chi connectivity index (χ0n) is 16.4. The first-order chi connectivity index (χ1) is 13.9. The highest BCUT2D eigenvalue weighted by Crippen LogP contribution is 2.22. The molecule has 0 saturated heterocycles. The van der Waals surface area contributed by atoms with Crippen molar-refractivity contribution in [3.8, 4) is 0 Å². The maximum atomic E-state index is 12.3. The number of carbonyl (C=O) groups is 4. The molecule has 150 valence electrons. The molecule has 0 aromatic heterocycles. The lowest BCUT2D eigenvalue weighted by atomic mass is 10.1. The van der Waals surface area contributed by atoms with Gasteiger partial charge in [-0.05, 0) is 29.8 Å². The number of carbonyl (C=O) groups excluding carboxylic acids is 4. The van der Waals surface area contributed by atoms with Gasteiger partial charge in [-0.1, -0.05) is 38.1 Å². The van der Waals surface area contributed by atoms with E-state index in [1.807, 2.05) is 26.0 Å². The van der Waals surface area contributed by atoms with E-state index in [4.69, 9.17) is 0 Å². The lowest BCUT2D eigenvalue weighted by molar-refractivity contribution is -0.121. The number of hydrogen-bond donors (Lipinski definition) is 2. The fourth-order valence-corrected chi connectivity index (χ4v) is 2.94. The molecule has 0 aliphatic carbocycles. The van der Waals surface area contributed by atoms with Crippen LogP contribution in [0.25, 0.3) is 0 Å². The maximum Gasteiger partial charge on any atom is 0.261 e. The number of anilines is 1. The minimum absolute atomic E-state index is 0.0357. The van der Waals surface area contributed by atoms with Gasteiger partial charge in [-0.3, -0.25) is 24.1 Å². The maximum absolute atomic E-state index is 12.3. The van der Waals surface area contributed by atoms with E-state index in [2.05, 4.69) is 10.6 Å². The molecule has 1 heterocycles. The summed E-state index contributed by atoms with van der Waals surface area (Å²) in [4.78, 5) is 49.5. The summed E-state index contributed by atoms with van der Waals surface area (Å²) in [5, 5.41) is 5.58. The number of hydrogen-bond acceptors (Lipinski definition) is 4. The van der Waals surface area contributed by atoms with Gasteiger partial charge in [-0.2, -0.15) is 0 Å². The molecule has 4 amide bonds. The van der Waals surface area contributed by atoms with Crippen LogP contribution in [-0.4, -0.2) is 35.1 Å². The summed E-state index contributed by atoms with van der Waals surface area (Å²) in [6, 6.07) is 13.8. The van der Waals surface area contributed by atoms with E-state index in [9.17, 15) is 19.2 Å². The van der Waals surface area contributed by atoms with Crippen LogP contribution in [-0.2, 0) is 16.1 Å². The lowest BCUT2D eigenvalue weighted by Crippen LogP contribution is -2.34. The molecule has 2 aromatic rings. The monoisotopic (exact) mass is 393 g/mol. The topological polar surface area (TPSA) is 95.6 Å². The van der Waals surface area contributed by atoms with Crippen LogP contribution < -0.4 is 10.6 Å². The zero-order valence-corrected chi connectivity index (χ0v) is 16.4. The van der Waals surface area contributed by atoms with Crippen molar-refractivity contribution >= 4 is 29.3 Å². The van der Waals surface area contributed by atoms with Crippen molar-refractivity contribution in [2.24, 2.45) is 5.92 Å². The van der Waals surface area contributed by atoms with Crippen LogP contribution in [0.1, 0.15) is 46.5 Å².